The van der Waals surface area contributed by atoms with E-state index in [-0.39, 0.29) is 6.03 Å². The molecule has 0 aliphatic rings. The third-order valence-corrected chi connectivity index (χ3v) is 6.43. The predicted octanol–water partition coefficient (Wildman–Crippen LogP) is 3.60. The maximum atomic E-state index is 11.9. The number of carbonyl (C=O) groups is 1. The van der Waals surface area contributed by atoms with Crippen LogP contribution < -0.4 is 31.7 Å². The Bertz CT molecular complexity index is 785. The Morgan fingerprint density at radius 1 is 0.676 bits per heavy atom. The van der Waals surface area contributed by atoms with Gasteiger partial charge in [0, 0.05) is 24.5 Å². The van der Waals surface area contributed by atoms with Crippen molar-refractivity contribution >= 4 is 28.8 Å². The summed E-state index contributed by atoms with van der Waals surface area (Å²) in [5, 5.41) is 15.3. The lowest BCUT2D eigenvalue weighted by Crippen LogP contribution is -2.37. The number of rotatable bonds is 20. The average molecular weight is 489 g/mol. The molecule has 0 aliphatic heterocycles. The zero-order chi connectivity index (χ0) is 24.1. The van der Waals surface area contributed by atoms with Gasteiger partial charge in [0.25, 0.3) is 0 Å². The van der Waals surface area contributed by atoms with Gasteiger partial charge in [-0.3, -0.25) is 4.72 Å². The third kappa shape index (κ3) is 13.2. The molecule has 0 fully saturated rings. The molecule has 7 nitrogen and oxygen atoms in total. The number of amides is 2. The van der Waals surface area contributed by atoms with E-state index in [9.17, 15) is 4.79 Å². The van der Waals surface area contributed by atoms with Gasteiger partial charge in [0.1, 0.15) is 0 Å². The zero-order valence-electron chi connectivity index (χ0n) is 20.5. The average Bonchev–Trinajstić information content (AvgIpc) is 2.86. The normalized spacial score (nSPS) is 11.1. The molecular formula is C26H44N6OS. The second kappa shape index (κ2) is 19.5. The third-order valence-electron chi connectivity index (χ3n) is 5.50. The summed E-state index contributed by atoms with van der Waals surface area (Å²) in [4.78, 5) is 13.1. The van der Waals surface area contributed by atoms with Gasteiger partial charge >= 0.3 is 6.03 Å². The number of hydrogen-bond acceptors (Lipinski definition) is 6. The molecule has 0 bridgehead atoms. The van der Waals surface area contributed by atoms with E-state index in [0.29, 0.717) is 6.54 Å². The Hall–Kier alpha value is -1.84. The van der Waals surface area contributed by atoms with Crippen LogP contribution in [0.25, 0.3) is 10.8 Å². The first-order valence-electron chi connectivity index (χ1n) is 12.8. The number of unbranched alkanes of at least 4 members (excludes halogenated alkanes) is 3. The van der Waals surface area contributed by atoms with Crippen molar-refractivity contribution < 1.29 is 4.79 Å². The van der Waals surface area contributed by atoms with Gasteiger partial charge < -0.3 is 27.0 Å². The molecule has 0 heterocycles. The van der Waals surface area contributed by atoms with Crippen molar-refractivity contribution in [3.63, 3.8) is 0 Å². The van der Waals surface area contributed by atoms with Crippen LogP contribution in [-0.2, 0) is 0 Å². The molecule has 0 spiro atoms. The fraction of sp³-hybridized carbons (Fsp3) is 0.577. The highest BCUT2D eigenvalue weighted by atomic mass is 32.2. The molecular weight excluding hydrogens is 444 g/mol. The number of fused-ring (bicyclic) bond motifs is 1. The van der Waals surface area contributed by atoms with Gasteiger partial charge in [-0.05, 0) is 100 Å². The van der Waals surface area contributed by atoms with Crippen LogP contribution in [0.4, 0.5) is 4.79 Å². The maximum absolute atomic E-state index is 11.9. The molecule has 190 valence electrons. The van der Waals surface area contributed by atoms with Gasteiger partial charge in [-0.15, -0.1) is 0 Å². The van der Waals surface area contributed by atoms with E-state index in [1.807, 2.05) is 0 Å². The Morgan fingerprint density at radius 2 is 1.29 bits per heavy atom. The number of nitrogens with one attached hydrogen (secondary N) is 5. The minimum atomic E-state index is -0.0619. The van der Waals surface area contributed by atoms with Crippen LogP contribution in [0, 0.1) is 0 Å². The molecule has 8 heteroatoms. The van der Waals surface area contributed by atoms with Gasteiger partial charge in [-0.25, -0.2) is 4.79 Å². The molecule has 2 aromatic carbocycles. The van der Waals surface area contributed by atoms with E-state index in [1.165, 1.54) is 28.5 Å². The lowest BCUT2D eigenvalue weighted by Gasteiger charge is -2.09. The van der Waals surface area contributed by atoms with Gasteiger partial charge in [0.2, 0.25) is 0 Å². The van der Waals surface area contributed by atoms with E-state index >= 15 is 0 Å². The monoisotopic (exact) mass is 488 g/mol. The van der Waals surface area contributed by atoms with Crippen molar-refractivity contribution in [2.45, 2.75) is 49.8 Å². The van der Waals surface area contributed by atoms with Crippen LogP contribution >= 0.6 is 11.9 Å². The molecule has 2 amide bonds. The fourth-order valence-electron chi connectivity index (χ4n) is 3.57. The van der Waals surface area contributed by atoms with Crippen LogP contribution in [0.1, 0.15) is 44.9 Å². The highest BCUT2D eigenvalue weighted by Crippen LogP contribution is 2.25. The van der Waals surface area contributed by atoms with Crippen LogP contribution in [0.5, 0.6) is 0 Å². The van der Waals surface area contributed by atoms with Crippen molar-refractivity contribution in [3.8, 4) is 0 Å². The van der Waals surface area contributed by atoms with Gasteiger partial charge in [-0.2, -0.15) is 0 Å². The quantitative estimate of drug-likeness (QED) is 0.126. The van der Waals surface area contributed by atoms with Crippen LogP contribution in [0.2, 0.25) is 0 Å². The lowest BCUT2D eigenvalue weighted by molar-refractivity contribution is 0.240. The summed E-state index contributed by atoms with van der Waals surface area (Å²) in [6, 6.07) is 14.8. The minimum Gasteiger partial charge on any atom is -0.338 e. The zero-order valence-corrected chi connectivity index (χ0v) is 21.4. The largest absolute Gasteiger partial charge is 0.338 e. The predicted molar refractivity (Wildman–Crippen MR) is 146 cm³/mol. The Kier molecular flexibility index (Phi) is 16.3. The summed E-state index contributed by atoms with van der Waals surface area (Å²) in [6.07, 6.45) is 7.52. The van der Waals surface area contributed by atoms with E-state index in [0.717, 1.165) is 77.9 Å². The molecule has 2 rings (SSSR count). The van der Waals surface area contributed by atoms with E-state index in [1.54, 1.807) is 11.9 Å². The van der Waals surface area contributed by atoms with E-state index in [4.69, 9.17) is 5.73 Å². The van der Waals surface area contributed by atoms with Gasteiger partial charge in [-0.1, -0.05) is 42.8 Å². The SMILES string of the molecule is NCCCNCCCCNCCCNC(=O)NCCCCCNSc1cccc2ccccc12. The van der Waals surface area contributed by atoms with Crippen molar-refractivity contribution in [2.24, 2.45) is 5.73 Å². The standard InChI is InChI=1S/C26H44N6OS/c27-15-9-18-28-16-6-7-17-29-19-10-21-31-26(33)30-20-4-1-5-22-32-34-25-14-8-12-23-11-2-3-13-24(23)25/h2-3,8,11-14,28-29,32H,1,4-7,9-10,15-22,27H2,(H2,30,31,33). The molecule has 0 unspecified atom stereocenters. The van der Waals surface area contributed by atoms with E-state index < -0.39 is 0 Å². The summed E-state index contributed by atoms with van der Waals surface area (Å²) in [6.45, 7) is 7.17. The Morgan fingerprint density at radius 3 is 2.09 bits per heavy atom. The molecule has 34 heavy (non-hydrogen) atoms. The summed E-state index contributed by atoms with van der Waals surface area (Å²) < 4.78 is 3.46. The van der Waals surface area contributed by atoms with Crippen LogP contribution in [0.3, 0.4) is 0 Å². The molecule has 0 saturated heterocycles. The van der Waals surface area contributed by atoms with Crippen molar-refractivity contribution in [1.82, 2.24) is 26.0 Å². The van der Waals surface area contributed by atoms with Crippen LogP contribution in [-0.4, -0.2) is 58.4 Å². The molecule has 2 aromatic rings. The lowest BCUT2D eigenvalue weighted by atomic mass is 10.1. The minimum absolute atomic E-state index is 0.0619. The smallest absolute Gasteiger partial charge is 0.314 e. The summed E-state index contributed by atoms with van der Waals surface area (Å²) >= 11 is 1.70. The van der Waals surface area contributed by atoms with Gasteiger partial charge in [0.05, 0.1) is 0 Å². The highest BCUT2D eigenvalue weighted by Gasteiger charge is 2.01. The first-order valence-corrected chi connectivity index (χ1v) is 13.6. The maximum Gasteiger partial charge on any atom is 0.314 e. The molecule has 0 aliphatic carbocycles. The molecule has 0 radical (unpaired) electrons. The molecule has 0 saturated carbocycles. The Balaban J connectivity index is 1.34. The molecule has 0 aromatic heterocycles. The fourth-order valence-corrected chi connectivity index (χ4v) is 4.41. The number of hydrogen-bond donors (Lipinski definition) is 6. The summed E-state index contributed by atoms with van der Waals surface area (Å²) in [5.74, 6) is 0. The Labute approximate surface area is 209 Å². The number of urea groups is 1. The molecule has 0 atom stereocenters. The second-order valence-corrected chi connectivity index (χ2v) is 9.35. The first kappa shape index (κ1) is 28.4. The van der Waals surface area contributed by atoms with Crippen molar-refractivity contribution in [2.75, 3.05) is 52.4 Å². The summed E-state index contributed by atoms with van der Waals surface area (Å²) in [7, 11) is 0. The topological polar surface area (TPSA) is 103 Å². The second-order valence-electron chi connectivity index (χ2n) is 8.42. The summed E-state index contributed by atoms with van der Waals surface area (Å²) in [5.41, 5.74) is 5.46. The molecule has 7 N–H and O–H groups in total. The van der Waals surface area contributed by atoms with Gasteiger partial charge in [0.15, 0.2) is 0 Å². The van der Waals surface area contributed by atoms with Crippen molar-refractivity contribution in [1.29, 1.82) is 0 Å². The highest BCUT2D eigenvalue weighted by molar-refractivity contribution is 7.97. The van der Waals surface area contributed by atoms with Crippen LogP contribution in [0.15, 0.2) is 47.4 Å². The number of nitrogens with two attached hydrogens (primary N) is 1. The number of benzene rings is 2. The first-order chi connectivity index (χ1) is 16.8. The van der Waals surface area contributed by atoms with E-state index in [2.05, 4.69) is 68.5 Å². The van der Waals surface area contributed by atoms with Crippen molar-refractivity contribution in [3.05, 3.63) is 42.5 Å². The number of carbonyl (C=O) groups excluding carboxylic acids is 1.